The smallest absolute Gasteiger partial charge is 0.141 e. The summed E-state index contributed by atoms with van der Waals surface area (Å²) < 4.78 is 13.3. The van der Waals surface area contributed by atoms with Gasteiger partial charge >= 0.3 is 0 Å². The third-order valence-electron chi connectivity index (χ3n) is 4.40. The minimum atomic E-state index is 0.535. The molecule has 27 heavy (non-hydrogen) atoms. The molecule has 5 heteroatoms. The van der Waals surface area contributed by atoms with E-state index in [0.29, 0.717) is 18.2 Å². The van der Waals surface area contributed by atoms with Crippen molar-refractivity contribution in [3.05, 3.63) is 77.8 Å². The number of methoxy groups -OCH3 is 1. The van der Waals surface area contributed by atoms with Crippen LogP contribution < -0.4 is 9.47 Å². The van der Waals surface area contributed by atoms with E-state index >= 15 is 0 Å². The zero-order valence-electron chi connectivity index (χ0n) is 14.9. The lowest BCUT2D eigenvalue weighted by Gasteiger charge is -2.11. The number of hydrogen-bond acceptors (Lipinski definition) is 3. The predicted octanol–water partition coefficient (Wildman–Crippen LogP) is 5.44. The van der Waals surface area contributed by atoms with Crippen LogP contribution in [0.4, 0.5) is 0 Å². The lowest BCUT2D eigenvalue weighted by atomic mass is 10.2. The summed E-state index contributed by atoms with van der Waals surface area (Å²) >= 11 is 6.03. The van der Waals surface area contributed by atoms with Crippen LogP contribution >= 0.6 is 11.6 Å². The van der Waals surface area contributed by atoms with Crippen LogP contribution in [0.5, 0.6) is 11.5 Å². The molecule has 0 radical (unpaired) electrons. The van der Waals surface area contributed by atoms with Gasteiger partial charge in [0.05, 0.1) is 24.7 Å². The minimum absolute atomic E-state index is 0.535. The normalized spacial score (nSPS) is 10.9. The molecule has 0 saturated carbocycles. The lowest BCUT2D eigenvalue weighted by molar-refractivity contribution is 0.300. The zero-order chi connectivity index (χ0) is 18.6. The zero-order valence-corrected chi connectivity index (χ0v) is 15.7. The van der Waals surface area contributed by atoms with Gasteiger partial charge in [-0.2, -0.15) is 0 Å². The highest BCUT2D eigenvalue weighted by Gasteiger charge is 2.12. The summed E-state index contributed by atoms with van der Waals surface area (Å²) in [6, 6.07) is 23.5. The molecule has 1 aromatic heterocycles. The maximum absolute atomic E-state index is 6.03. The van der Waals surface area contributed by atoms with E-state index in [2.05, 4.69) is 10.6 Å². The second-order valence-electron chi connectivity index (χ2n) is 6.11. The number of rotatable bonds is 6. The predicted molar refractivity (Wildman–Crippen MR) is 109 cm³/mol. The monoisotopic (exact) mass is 378 g/mol. The Labute approximate surface area is 162 Å². The third kappa shape index (κ3) is 3.76. The number of imidazole rings is 1. The van der Waals surface area contributed by atoms with Gasteiger partial charge in [-0.15, -0.1) is 0 Å². The first-order chi connectivity index (χ1) is 13.2. The quantitative estimate of drug-likeness (QED) is 0.448. The van der Waals surface area contributed by atoms with Gasteiger partial charge in [-0.1, -0.05) is 23.7 Å². The average Bonchev–Trinajstić information content (AvgIpc) is 3.08. The highest BCUT2D eigenvalue weighted by Crippen LogP contribution is 2.26. The molecule has 4 rings (SSSR count). The van der Waals surface area contributed by atoms with Gasteiger partial charge in [-0.05, 0) is 60.7 Å². The van der Waals surface area contributed by atoms with Crippen LogP contribution in [0.3, 0.4) is 0 Å². The van der Waals surface area contributed by atoms with Gasteiger partial charge in [0.2, 0.25) is 0 Å². The molecule has 0 saturated heterocycles. The SMILES string of the molecule is COc1ccc(OCCn2c(-c3ccc(Cl)cc3)nc3ccccc32)cc1. The van der Waals surface area contributed by atoms with E-state index in [9.17, 15) is 0 Å². The molecule has 0 aliphatic carbocycles. The summed E-state index contributed by atoms with van der Waals surface area (Å²) in [7, 11) is 1.65. The Morgan fingerprint density at radius 2 is 1.59 bits per heavy atom. The molecule has 0 aliphatic rings. The van der Waals surface area contributed by atoms with Crippen LogP contribution in [-0.2, 0) is 6.54 Å². The Balaban J connectivity index is 1.59. The molecule has 4 nitrogen and oxygen atoms in total. The second kappa shape index (κ2) is 7.72. The van der Waals surface area contributed by atoms with Crippen LogP contribution in [0.2, 0.25) is 5.02 Å². The van der Waals surface area contributed by atoms with Crippen LogP contribution in [0.25, 0.3) is 22.4 Å². The van der Waals surface area contributed by atoms with Crippen molar-refractivity contribution in [3.63, 3.8) is 0 Å². The Morgan fingerprint density at radius 1 is 0.889 bits per heavy atom. The molecule has 3 aromatic carbocycles. The van der Waals surface area contributed by atoms with Crippen molar-refractivity contribution in [2.75, 3.05) is 13.7 Å². The summed E-state index contributed by atoms with van der Waals surface area (Å²) in [4.78, 5) is 4.81. The molecule has 0 N–H and O–H groups in total. The number of benzene rings is 3. The van der Waals surface area contributed by atoms with Crippen molar-refractivity contribution in [2.45, 2.75) is 6.54 Å². The van der Waals surface area contributed by atoms with Gasteiger partial charge in [0.25, 0.3) is 0 Å². The van der Waals surface area contributed by atoms with E-state index in [1.807, 2.05) is 66.7 Å². The number of para-hydroxylation sites is 2. The molecule has 0 unspecified atom stereocenters. The molecule has 0 bridgehead atoms. The first-order valence-electron chi connectivity index (χ1n) is 8.72. The standard InChI is InChI=1S/C22H19ClN2O2/c1-26-18-10-12-19(13-11-18)27-15-14-25-21-5-3-2-4-20(21)24-22(25)16-6-8-17(23)9-7-16/h2-13H,14-15H2,1H3. The number of fused-ring (bicyclic) bond motifs is 1. The molecule has 0 spiro atoms. The fourth-order valence-electron chi connectivity index (χ4n) is 3.05. The molecule has 1 heterocycles. The number of hydrogen-bond donors (Lipinski definition) is 0. The van der Waals surface area contributed by atoms with Crippen molar-refractivity contribution < 1.29 is 9.47 Å². The van der Waals surface area contributed by atoms with Crippen LogP contribution in [0, 0.1) is 0 Å². The molecule has 0 aliphatic heterocycles. The lowest BCUT2D eigenvalue weighted by Crippen LogP contribution is -2.09. The number of ether oxygens (including phenoxy) is 2. The number of halogens is 1. The molecule has 4 aromatic rings. The maximum Gasteiger partial charge on any atom is 0.141 e. The van der Waals surface area contributed by atoms with Gasteiger partial charge in [-0.3, -0.25) is 0 Å². The van der Waals surface area contributed by atoms with Crippen molar-refractivity contribution in [2.24, 2.45) is 0 Å². The fraction of sp³-hybridized carbons (Fsp3) is 0.136. The Morgan fingerprint density at radius 3 is 2.33 bits per heavy atom. The van der Waals surface area contributed by atoms with E-state index in [-0.39, 0.29) is 0 Å². The van der Waals surface area contributed by atoms with E-state index in [4.69, 9.17) is 26.1 Å². The van der Waals surface area contributed by atoms with Gasteiger partial charge in [0.15, 0.2) is 0 Å². The van der Waals surface area contributed by atoms with Gasteiger partial charge < -0.3 is 14.0 Å². The highest BCUT2D eigenvalue weighted by molar-refractivity contribution is 6.30. The van der Waals surface area contributed by atoms with Gasteiger partial charge in [0.1, 0.15) is 23.9 Å². The molecule has 136 valence electrons. The maximum atomic E-state index is 6.03. The summed E-state index contributed by atoms with van der Waals surface area (Å²) in [6.07, 6.45) is 0. The molecule has 0 amide bonds. The van der Waals surface area contributed by atoms with E-state index in [0.717, 1.165) is 33.9 Å². The summed E-state index contributed by atoms with van der Waals surface area (Å²) in [5, 5.41) is 0.712. The second-order valence-corrected chi connectivity index (χ2v) is 6.54. The first-order valence-corrected chi connectivity index (χ1v) is 9.10. The molecule has 0 fully saturated rings. The van der Waals surface area contributed by atoms with Crippen molar-refractivity contribution in [1.82, 2.24) is 9.55 Å². The van der Waals surface area contributed by atoms with Gasteiger partial charge in [-0.25, -0.2) is 4.98 Å². The summed E-state index contributed by atoms with van der Waals surface area (Å²) in [6.45, 7) is 1.22. The van der Waals surface area contributed by atoms with Crippen molar-refractivity contribution in [1.29, 1.82) is 0 Å². The number of aromatic nitrogens is 2. The van der Waals surface area contributed by atoms with E-state index in [1.165, 1.54) is 0 Å². The highest BCUT2D eigenvalue weighted by atomic mass is 35.5. The van der Waals surface area contributed by atoms with Crippen molar-refractivity contribution in [3.8, 4) is 22.9 Å². The molecule has 0 atom stereocenters. The van der Waals surface area contributed by atoms with Crippen molar-refractivity contribution >= 4 is 22.6 Å². The summed E-state index contributed by atoms with van der Waals surface area (Å²) in [5.41, 5.74) is 3.08. The Kier molecular flexibility index (Phi) is 4.99. The van der Waals surface area contributed by atoms with E-state index < -0.39 is 0 Å². The number of nitrogens with zero attached hydrogens (tertiary/aromatic N) is 2. The third-order valence-corrected chi connectivity index (χ3v) is 4.65. The summed E-state index contributed by atoms with van der Waals surface area (Å²) in [5.74, 6) is 2.53. The Hall–Kier alpha value is -2.98. The topological polar surface area (TPSA) is 36.3 Å². The average molecular weight is 379 g/mol. The minimum Gasteiger partial charge on any atom is -0.497 e. The fourth-order valence-corrected chi connectivity index (χ4v) is 3.17. The molecular weight excluding hydrogens is 360 g/mol. The molecular formula is C22H19ClN2O2. The van der Waals surface area contributed by atoms with Crippen LogP contribution in [-0.4, -0.2) is 23.3 Å². The van der Waals surface area contributed by atoms with Crippen LogP contribution in [0.15, 0.2) is 72.8 Å². The largest absolute Gasteiger partial charge is 0.497 e. The first kappa shape index (κ1) is 17.4. The van der Waals surface area contributed by atoms with E-state index in [1.54, 1.807) is 7.11 Å². The van der Waals surface area contributed by atoms with Gasteiger partial charge in [0, 0.05) is 10.6 Å². The Bertz CT molecular complexity index is 1040. The van der Waals surface area contributed by atoms with Crippen LogP contribution in [0.1, 0.15) is 0 Å².